The zero-order chi connectivity index (χ0) is 21.6. The topological polar surface area (TPSA) is 69.3 Å². The van der Waals surface area contributed by atoms with Gasteiger partial charge in [-0.1, -0.05) is 42.5 Å². The summed E-state index contributed by atoms with van der Waals surface area (Å²) in [7, 11) is 0. The molecule has 1 aromatic heterocycles. The first-order chi connectivity index (χ1) is 15.1. The molecule has 0 unspecified atom stereocenters. The summed E-state index contributed by atoms with van der Waals surface area (Å²) in [4.78, 5) is 20.2. The summed E-state index contributed by atoms with van der Waals surface area (Å²) in [6, 6.07) is 19.6. The van der Waals surface area contributed by atoms with Crippen molar-refractivity contribution in [2.24, 2.45) is 4.99 Å². The van der Waals surface area contributed by atoms with Crippen LogP contribution in [0.4, 0.5) is 14.5 Å². The van der Waals surface area contributed by atoms with Crippen LogP contribution in [0, 0.1) is 11.6 Å². The molecule has 3 N–H and O–H groups in total. The van der Waals surface area contributed by atoms with E-state index in [1.807, 2.05) is 30.5 Å². The van der Waals surface area contributed by atoms with Gasteiger partial charge >= 0.3 is 0 Å². The fourth-order valence-electron chi connectivity index (χ4n) is 3.25. The molecule has 0 spiro atoms. The quantitative estimate of drug-likeness (QED) is 0.319. The second-order valence-corrected chi connectivity index (χ2v) is 6.88. The fraction of sp³-hybridized carbons (Fsp3) is 0.0833. The molecule has 156 valence electrons. The number of carbonyl (C=O) groups excluding carboxylic acids is 1. The van der Waals surface area contributed by atoms with Gasteiger partial charge in [0, 0.05) is 23.6 Å². The maximum absolute atomic E-state index is 14.1. The highest BCUT2D eigenvalue weighted by Crippen LogP contribution is 2.18. The van der Waals surface area contributed by atoms with E-state index in [0.29, 0.717) is 13.0 Å². The van der Waals surface area contributed by atoms with Crippen LogP contribution in [0.5, 0.6) is 0 Å². The fourth-order valence-corrected chi connectivity index (χ4v) is 3.25. The zero-order valence-electron chi connectivity index (χ0n) is 16.5. The van der Waals surface area contributed by atoms with Gasteiger partial charge in [-0.15, -0.1) is 0 Å². The molecule has 4 aromatic rings. The highest BCUT2D eigenvalue weighted by Gasteiger charge is 2.14. The minimum Gasteiger partial charge on any atom is -0.361 e. The highest BCUT2D eigenvalue weighted by molar-refractivity contribution is 6.10. The van der Waals surface area contributed by atoms with Crippen molar-refractivity contribution in [2.75, 3.05) is 11.9 Å². The lowest BCUT2D eigenvalue weighted by molar-refractivity contribution is 0.0973. The average molecular weight is 418 g/mol. The van der Waals surface area contributed by atoms with E-state index >= 15 is 0 Å². The summed E-state index contributed by atoms with van der Waals surface area (Å²) in [5, 5.41) is 6.44. The number of halogens is 2. The monoisotopic (exact) mass is 418 g/mol. The second-order valence-electron chi connectivity index (χ2n) is 6.88. The standard InChI is InChI=1S/C24H20F2N4O/c25-19-9-3-1-8-18(19)23(31)30-24(29-22-12-6-4-10-20(22)26)27-14-13-16-15-28-21-11-5-2-7-17(16)21/h1-12,15,28H,13-14H2,(H2,27,29,30,31). The number of H-pyrrole nitrogens is 1. The van der Waals surface area contributed by atoms with Gasteiger partial charge in [-0.25, -0.2) is 8.78 Å². The summed E-state index contributed by atoms with van der Waals surface area (Å²) >= 11 is 0. The third kappa shape index (κ3) is 4.78. The minimum atomic E-state index is -0.673. The number of amides is 1. The number of aliphatic imine (C=N–C) groups is 1. The van der Waals surface area contributed by atoms with E-state index in [1.165, 1.54) is 30.3 Å². The lowest BCUT2D eigenvalue weighted by Crippen LogP contribution is -2.37. The summed E-state index contributed by atoms with van der Waals surface area (Å²) < 4.78 is 28.1. The molecule has 0 aliphatic carbocycles. The van der Waals surface area contributed by atoms with Crippen molar-refractivity contribution in [2.45, 2.75) is 6.42 Å². The van der Waals surface area contributed by atoms with Crippen LogP contribution in [0.2, 0.25) is 0 Å². The number of hydrogen-bond donors (Lipinski definition) is 3. The van der Waals surface area contributed by atoms with Crippen LogP contribution in [0.15, 0.2) is 84.0 Å². The molecule has 0 bridgehead atoms. The van der Waals surface area contributed by atoms with Gasteiger partial charge in [0.05, 0.1) is 11.3 Å². The Labute approximate surface area is 177 Å². The molecule has 31 heavy (non-hydrogen) atoms. The number of nitrogens with zero attached hydrogens (tertiary/aromatic N) is 1. The maximum Gasteiger partial charge on any atom is 0.260 e. The Morgan fingerprint density at radius 1 is 0.903 bits per heavy atom. The predicted molar refractivity (Wildman–Crippen MR) is 118 cm³/mol. The highest BCUT2D eigenvalue weighted by atomic mass is 19.1. The minimum absolute atomic E-state index is 0.0400. The largest absolute Gasteiger partial charge is 0.361 e. The summed E-state index contributed by atoms with van der Waals surface area (Å²) in [6.07, 6.45) is 2.52. The van der Waals surface area contributed by atoms with Crippen LogP contribution in [0.25, 0.3) is 10.9 Å². The predicted octanol–water partition coefficient (Wildman–Crippen LogP) is 4.89. The number of anilines is 1. The normalized spacial score (nSPS) is 11.5. The Bertz CT molecular complexity index is 1250. The van der Waals surface area contributed by atoms with Crippen molar-refractivity contribution >= 4 is 28.5 Å². The van der Waals surface area contributed by atoms with Crippen LogP contribution in [-0.4, -0.2) is 23.4 Å². The molecule has 0 radical (unpaired) electrons. The third-order valence-corrected chi connectivity index (χ3v) is 4.80. The Hall–Kier alpha value is -4.00. The summed E-state index contributed by atoms with van der Waals surface area (Å²) in [5.74, 6) is -1.78. The zero-order valence-corrected chi connectivity index (χ0v) is 16.5. The van der Waals surface area contributed by atoms with Crippen LogP contribution in [0.3, 0.4) is 0 Å². The molecule has 4 rings (SSSR count). The number of hydrogen-bond acceptors (Lipinski definition) is 2. The van der Waals surface area contributed by atoms with Crippen LogP contribution < -0.4 is 10.6 Å². The average Bonchev–Trinajstić information content (AvgIpc) is 3.18. The van der Waals surface area contributed by atoms with Gasteiger partial charge in [0.2, 0.25) is 5.96 Å². The van der Waals surface area contributed by atoms with Crippen LogP contribution in [-0.2, 0) is 6.42 Å². The van der Waals surface area contributed by atoms with Crippen molar-refractivity contribution in [1.29, 1.82) is 0 Å². The third-order valence-electron chi connectivity index (χ3n) is 4.80. The van der Waals surface area contributed by atoms with Crippen LogP contribution >= 0.6 is 0 Å². The molecule has 0 atom stereocenters. The number of rotatable bonds is 5. The van der Waals surface area contributed by atoms with E-state index in [-0.39, 0.29) is 17.2 Å². The Balaban J connectivity index is 1.54. The van der Waals surface area contributed by atoms with Gasteiger partial charge in [0.25, 0.3) is 5.91 Å². The second kappa shape index (κ2) is 9.21. The molecule has 0 aliphatic rings. The van der Waals surface area contributed by atoms with Gasteiger partial charge in [0.15, 0.2) is 0 Å². The van der Waals surface area contributed by atoms with E-state index in [4.69, 9.17) is 0 Å². The molecule has 0 fully saturated rings. The number of nitrogens with one attached hydrogen (secondary N) is 3. The molecule has 5 nitrogen and oxygen atoms in total. The number of benzene rings is 3. The first-order valence-corrected chi connectivity index (χ1v) is 9.78. The van der Waals surface area contributed by atoms with E-state index < -0.39 is 17.5 Å². The SMILES string of the molecule is O=C(NC(=NCCc1c[nH]c2ccccc12)Nc1ccccc1F)c1ccccc1F. The first kappa shape index (κ1) is 20.3. The van der Waals surface area contributed by atoms with E-state index in [9.17, 15) is 13.6 Å². The molecule has 1 amide bonds. The summed E-state index contributed by atoms with van der Waals surface area (Å²) in [6.45, 7) is 0.330. The van der Waals surface area contributed by atoms with E-state index in [0.717, 1.165) is 16.5 Å². The lowest BCUT2D eigenvalue weighted by Gasteiger charge is -2.13. The van der Waals surface area contributed by atoms with Gasteiger partial charge in [-0.2, -0.15) is 0 Å². The number of aromatic nitrogens is 1. The van der Waals surface area contributed by atoms with Gasteiger partial charge in [-0.3, -0.25) is 15.1 Å². The van der Waals surface area contributed by atoms with Crippen molar-refractivity contribution in [1.82, 2.24) is 10.3 Å². The molecule has 0 saturated heterocycles. The molecule has 0 aliphatic heterocycles. The lowest BCUT2D eigenvalue weighted by atomic mass is 10.1. The number of guanidine groups is 1. The first-order valence-electron chi connectivity index (χ1n) is 9.78. The molecule has 0 saturated carbocycles. The Morgan fingerprint density at radius 3 is 2.42 bits per heavy atom. The maximum atomic E-state index is 14.1. The molecular weight excluding hydrogens is 398 g/mol. The molecular formula is C24H20F2N4O. The van der Waals surface area contributed by atoms with Crippen LogP contribution in [0.1, 0.15) is 15.9 Å². The summed E-state index contributed by atoms with van der Waals surface area (Å²) in [5.41, 5.74) is 2.13. The number of aromatic amines is 1. The Kier molecular flexibility index (Phi) is 6.03. The van der Waals surface area contributed by atoms with Gasteiger partial charge < -0.3 is 10.3 Å². The van der Waals surface area contributed by atoms with Crippen molar-refractivity contribution in [3.8, 4) is 0 Å². The number of carbonyl (C=O) groups is 1. The molecule has 7 heteroatoms. The molecule has 1 heterocycles. The van der Waals surface area contributed by atoms with Crippen molar-refractivity contribution in [3.63, 3.8) is 0 Å². The van der Waals surface area contributed by atoms with E-state index in [2.05, 4.69) is 20.6 Å². The van der Waals surface area contributed by atoms with Gasteiger partial charge in [0.1, 0.15) is 11.6 Å². The smallest absolute Gasteiger partial charge is 0.260 e. The van der Waals surface area contributed by atoms with Crippen molar-refractivity contribution < 1.29 is 13.6 Å². The number of para-hydroxylation sites is 2. The van der Waals surface area contributed by atoms with E-state index in [1.54, 1.807) is 18.2 Å². The van der Waals surface area contributed by atoms with Crippen molar-refractivity contribution in [3.05, 3.63) is 102 Å². The van der Waals surface area contributed by atoms with Gasteiger partial charge in [-0.05, 0) is 42.3 Å². The molecule has 3 aromatic carbocycles. The Morgan fingerprint density at radius 2 is 1.61 bits per heavy atom. The number of fused-ring (bicyclic) bond motifs is 1.